The fourth-order valence-electron chi connectivity index (χ4n) is 10.5. The second-order valence-corrected chi connectivity index (χ2v) is 31.1. The third-order valence-corrected chi connectivity index (χ3v) is 21.9. The molecular weight excluding hydrogens is 2030 g/mol. The largest absolute Gasteiger partial charge is 0.496 e. The minimum atomic E-state index is -0.536. The topological polar surface area (TPSA) is 391 Å². The summed E-state index contributed by atoms with van der Waals surface area (Å²) in [5, 5.41) is 37.6. The van der Waals surface area contributed by atoms with Gasteiger partial charge in [0.2, 0.25) is 10.2 Å². The molecule has 0 aliphatic carbocycles. The lowest BCUT2D eigenvalue weighted by Crippen LogP contribution is -2.20. The molecular formula is C88H88BrCl4F4IN14O14S4. The molecule has 0 unspecified atom stereocenters. The summed E-state index contributed by atoms with van der Waals surface area (Å²) in [5.41, 5.74) is 7.85. The number of aromatic nitrogens is 8. The number of benzene rings is 10. The zero-order chi connectivity index (χ0) is 92.7. The van der Waals surface area contributed by atoms with Crippen molar-refractivity contribution >= 4 is 251 Å². The van der Waals surface area contributed by atoms with Crippen molar-refractivity contribution in [2.75, 3.05) is 86.9 Å². The molecule has 0 bridgehead atoms. The van der Waals surface area contributed by atoms with Crippen molar-refractivity contribution in [2.45, 2.75) is 50.8 Å². The number of ether oxygens (including phenoxy) is 6. The van der Waals surface area contributed by atoms with Crippen LogP contribution in [0.2, 0.25) is 20.1 Å². The molecule has 14 aromatic rings. The Bertz CT molecular complexity index is 6110. The van der Waals surface area contributed by atoms with Gasteiger partial charge in [-0.05, 0) is 145 Å². The Labute approximate surface area is 806 Å². The Hall–Kier alpha value is -11.0. The van der Waals surface area contributed by atoms with Crippen LogP contribution in [0.3, 0.4) is 0 Å². The molecule has 28 nitrogen and oxygen atoms in total. The molecule has 0 fully saturated rings. The number of alkyl halides is 1. The quantitative estimate of drug-likeness (QED) is 0.00392. The number of thioether (sulfide) groups is 3. The third-order valence-electron chi connectivity index (χ3n) is 16.2. The average Bonchev–Trinajstić information content (AvgIpc) is 1.04. The summed E-state index contributed by atoms with van der Waals surface area (Å²) in [7, 11) is 7.22. The minimum absolute atomic E-state index is 0. The summed E-state index contributed by atoms with van der Waals surface area (Å²) >= 11 is 35.7. The van der Waals surface area contributed by atoms with Crippen LogP contribution in [-0.4, -0.2) is 149 Å². The molecule has 14 rings (SSSR count). The van der Waals surface area contributed by atoms with Gasteiger partial charge in [0.05, 0.1) is 114 Å². The number of anilines is 8. The summed E-state index contributed by atoms with van der Waals surface area (Å²) in [4.78, 5) is 92.5. The average molecular weight is 2120 g/mol. The SMILES string of the molecule is C.C.C.CCOC(=O)CBr.CCOC(=O)CSc1cc2c(Nc3ccc(F)c(Cl)c3)ncnc2cc1OC.CO.COc1cc2ncnc(Nc3ccc(F)c(Cl)c3)c2cc1I.COc1cc2ncnc(Nc3ccc(F)c(Cl)c3)c2cc1SC(=O)c1ccccc1.COc1cc2ncnc(Nc3ccc(F)c(Cl)c3)c2cc1SCC(=O)NO.NO.O=C(S)c1ccccc1. The number of aliphatic hydroxyl groups is 1. The fraction of sp³-hybridized carbons (Fsp3) is 0.170. The maximum absolute atomic E-state index is 13.5. The maximum atomic E-state index is 13.5. The van der Waals surface area contributed by atoms with Gasteiger partial charge in [0, 0.05) is 86.8 Å². The first-order valence-electron chi connectivity index (χ1n) is 36.4. The molecule has 0 aliphatic rings. The second kappa shape index (κ2) is 58.0. The molecule has 4 aromatic heterocycles. The van der Waals surface area contributed by atoms with Crippen molar-refractivity contribution in [1.29, 1.82) is 0 Å². The maximum Gasteiger partial charge on any atom is 0.316 e. The van der Waals surface area contributed by atoms with Gasteiger partial charge in [0.1, 0.15) is 100 Å². The molecule has 42 heteroatoms. The van der Waals surface area contributed by atoms with Crippen molar-refractivity contribution in [3.8, 4) is 23.0 Å². The molecule has 0 aliphatic heterocycles. The van der Waals surface area contributed by atoms with Crippen LogP contribution in [0.15, 0.2) is 222 Å². The van der Waals surface area contributed by atoms with Crippen molar-refractivity contribution in [3.05, 3.63) is 265 Å². The lowest BCUT2D eigenvalue weighted by Gasteiger charge is -2.13. The van der Waals surface area contributed by atoms with Crippen molar-refractivity contribution in [3.63, 3.8) is 0 Å². The van der Waals surface area contributed by atoms with Crippen LogP contribution in [0.5, 0.6) is 23.0 Å². The Morgan fingerprint density at radius 2 is 0.746 bits per heavy atom. The van der Waals surface area contributed by atoms with E-state index < -0.39 is 29.2 Å². The lowest BCUT2D eigenvalue weighted by atomic mass is 10.2. The van der Waals surface area contributed by atoms with Crippen LogP contribution in [0.4, 0.5) is 63.6 Å². The number of aliphatic hydroxyl groups excluding tert-OH is 1. The van der Waals surface area contributed by atoms with Crippen LogP contribution < -0.4 is 51.6 Å². The van der Waals surface area contributed by atoms with E-state index in [2.05, 4.69) is 123 Å². The number of hydrogen-bond acceptors (Lipinski definition) is 30. The molecule has 0 radical (unpaired) electrons. The normalized spacial score (nSPS) is 9.98. The lowest BCUT2D eigenvalue weighted by molar-refractivity contribution is -0.140. The molecule has 10 aromatic carbocycles. The number of hydroxylamine groups is 1. The van der Waals surface area contributed by atoms with Gasteiger partial charge in [0.25, 0.3) is 5.91 Å². The molecule has 130 heavy (non-hydrogen) atoms. The highest BCUT2D eigenvalue weighted by molar-refractivity contribution is 14.1. The molecule has 0 saturated carbocycles. The number of thiol groups is 1. The van der Waals surface area contributed by atoms with Gasteiger partial charge in [-0.2, -0.15) is 0 Å². The molecule has 0 spiro atoms. The number of halogens is 10. The molecule has 0 atom stereocenters. The number of carbonyl (C=O) groups excluding carboxylic acids is 5. The predicted molar refractivity (Wildman–Crippen MR) is 525 cm³/mol. The third kappa shape index (κ3) is 33.5. The Kier molecular flexibility index (Phi) is 49.6. The number of methoxy groups -OCH3 is 4. The van der Waals surface area contributed by atoms with E-state index in [1.54, 1.807) is 120 Å². The summed E-state index contributed by atoms with van der Waals surface area (Å²) < 4.78 is 85.4. The van der Waals surface area contributed by atoms with E-state index in [-0.39, 0.29) is 76.0 Å². The zero-order valence-electron chi connectivity index (χ0n) is 67.6. The van der Waals surface area contributed by atoms with Gasteiger partial charge in [-0.1, -0.05) is 145 Å². The van der Waals surface area contributed by atoms with E-state index in [0.717, 1.165) is 49.4 Å². The molecule has 0 saturated heterocycles. The Morgan fingerprint density at radius 1 is 0.438 bits per heavy atom. The van der Waals surface area contributed by atoms with E-state index in [1.165, 1.54) is 104 Å². The van der Waals surface area contributed by atoms with E-state index in [1.807, 2.05) is 54.6 Å². The number of esters is 2. The standard InChI is InChI=1S/C22H15ClFN3O2S.C19H17ClFN3O3S.C17H14ClFN4O3S.C15H10ClFIN3O.C7H6OS.C4H7BrO2.CH4O.3CH4.H3NO/c1-29-19-11-18-15(10-20(19)30-22(28)13-5-3-2-4-6-13)21(26-12-25-18)27-14-7-8-17(24)16(23)9-14;1-3-27-18(25)9-28-17-7-12-15(8-16(17)26-2)22-10-23-19(12)24-11-4-5-14(21)13(20)6-11;1-26-14-6-13-10(5-15(14)27-7-16(24)23-25)17(21-8-20-13)22-9-2-3-12(19)11(18)4-9;1-22-14-6-13-9(5-12(14)18)15(20-7-19-13)21-8-2-3-11(17)10(16)4-8;8-7(9)6-4-2-1-3-5-6;1-2-7-4(6)3-5;1-2;;;;1-2/h2-12H,1H3,(H,25,26,27);4-8,10H,3,9H2,1-2H3,(H,22,23,24);2-6,8,25H,7H2,1H3,(H,23,24)(H,20,21,22);2-7H,1H3,(H,19,20,21);1-5H,(H,8,9);2-3H2,1H3;2H,1H3;3*1H4;2H,1H2. The van der Waals surface area contributed by atoms with E-state index >= 15 is 0 Å². The first kappa shape index (κ1) is 111. The smallest absolute Gasteiger partial charge is 0.316 e. The number of nitrogens with one attached hydrogen (secondary N) is 5. The highest BCUT2D eigenvalue weighted by Gasteiger charge is 2.20. The second-order valence-electron chi connectivity index (χ2n) is 24.3. The van der Waals surface area contributed by atoms with Crippen LogP contribution >= 0.6 is 133 Å². The number of amides is 1. The van der Waals surface area contributed by atoms with Crippen LogP contribution in [0.1, 0.15) is 56.8 Å². The number of rotatable bonds is 24. The van der Waals surface area contributed by atoms with Gasteiger partial charge in [-0.25, -0.2) is 68.8 Å². The molecule has 1 amide bonds. The van der Waals surface area contributed by atoms with Crippen LogP contribution in [0, 0.1) is 26.8 Å². The van der Waals surface area contributed by atoms with E-state index in [4.69, 9.17) is 85.6 Å². The fourth-order valence-corrected chi connectivity index (χ4v) is 14.7. The van der Waals surface area contributed by atoms with Crippen molar-refractivity contribution in [1.82, 2.24) is 45.4 Å². The van der Waals surface area contributed by atoms with Crippen molar-refractivity contribution in [2.24, 2.45) is 5.90 Å². The first-order valence-corrected chi connectivity index (χ1v) is 43.4. The van der Waals surface area contributed by atoms with Gasteiger partial charge in [-0.15, -0.1) is 36.2 Å². The van der Waals surface area contributed by atoms with Crippen LogP contribution in [0.25, 0.3) is 43.6 Å². The summed E-state index contributed by atoms with van der Waals surface area (Å²) in [6.45, 7) is 4.33. The van der Waals surface area contributed by atoms with E-state index in [9.17, 15) is 41.5 Å². The number of fused-ring (bicyclic) bond motifs is 4. The Morgan fingerprint density at radius 3 is 1.05 bits per heavy atom. The summed E-state index contributed by atoms with van der Waals surface area (Å²) in [6, 6.07) is 49.7. The molecule has 10 N–H and O–H groups in total. The Balaban J connectivity index is 0.000000337. The number of nitrogens with zero attached hydrogens (tertiary/aromatic N) is 8. The highest BCUT2D eigenvalue weighted by Crippen LogP contribution is 2.41. The highest BCUT2D eigenvalue weighted by atomic mass is 127. The minimum Gasteiger partial charge on any atom is -0.496 e. The van der Waals surface area contributed by atoms with Gasteiger partial charge < -0.3 is 60.0 Å². The molecule has 688 valence electrons. The van der Waals surface area contributed by atoms with Gasteiger partial charge in [-0.3, -0.25) is 29.2 Å². The molecule has 4 heterocycles. The summed E-state index contributed by atoms with van der Waals surface area (Å²) in [6.07, 6.45) is 5.68. The van der Waals surface area contributed by atoms with E-state index in [0.29, 0.717) is 130 Å². The van der Waals surface area contributed by atoms with Gasteiger partial charge >= 0.3 is 11.9 Å². The monoisotopic (exact) mass is 2110 g/mol. The number of hydrogen-bond donors (Lipinski definition) is 10. The summed E-state index contributed by atoms with van der Waals surface area (Å²) in [5.74, 6) is 5.17. The first-order chi connectivity index (χ1) is 61.3. The van der Waals surface area contributed by atoms with Crippen LogP contribution in [-0.2, 0) is 23.9 Å². The predicted octanol–water partition coefficient (Wildman–Crippen LogP) is 23.0. The van der Waals surface area contributed by atoms with Crippen molar-refractivity contribution < 1.29 is 85.5 Å². The number of carbonyl (C=O) groups is 5. The zero-order valence-corrected chi connectivity index (χ0v) is 77.7. The number of nitrogens with two attached hydrogens (primary N) is 1. The van der Waals surface area contributed by atoms with Gasteiger partial charge in [0.15, 0.2) is 0 Å².